The van der Waals surface area contributed by atoms with Gasteiger partial charge in [-0.05, 0) is 17.7 Å². The van der Waals surface area contributed by atoms with Crippen molar-refractivity contribution in [3.63, 3.8) is 0 Å². The molecule has 2 rings (SSSR count). The number of aryl methyl sites for hydroxylation is 1. The van der Waals surface area contributed by atoms with Crippen molar-refractivity contribution < 1.29 is 9.59 Å². The Morgan fingerprint density at radius 2 is 1.81 bits per heavy atom. The van der Waals surface area contributed by atoms with Gasteiger partial charge in [-0.25, -0.2) is 4.98 Å². The summed E-state index contributed by atoms with van der Waals surface area (Å²) in [6, 6.07) is 7.33. The van der Waals surface area contributed by atoms with Crippen LogP contribution in [0, 0.1) is 0 Å². The highest BCUT2D eigenvalue weighted by Gasteiger charge is 2.07. The molecule has 110 valence electrons. The molecule has 0 unspecified atom stereocenters. The second kappa shape index (κ2) is 6.69. The lowest BCUT2D eigenvalue weighted by Gasteiger charge is -2.07. The van der Waals surface area contributed by atoms with Crippen molar-refractivity contribution in [2.75, 3.05) is 13.1 Å². The van der Waals surface area contributed by atoms with Crippen LogP contribution in [0.4, 0.5) is 0 Å². The van der Waals surface area contributed by atoms with Gasteiger partial charge in [-0.3, -0.25) is 9.59 Å². The summed E-state index contributed by atoms with van der Waals surface area (Å²) < 4.78 is 1.92. The van der Waals surface area contributed by atoms with Crippen LogP contribution in [0.5, 0.6) is 0 Å². The van der Waals surface area contributed by atoms with E-state index in [9.17, 15) is 9.59 Å². The quantitative estimate of drug-likeness (QED) is 0.804. The minimum absolute atomic E-state index is 0.107. The predicted molar refractivity (Wildman–Crippen MR) is 79.7 cm³/mol. The molecule has 0 spiro atoms. The third kappa shape index (κ3) is 3.92. The van der Waals surface area contributed by atoms with E-state index in [2.05, 4.69) is 15.6 Å². The van der Waals surface area contributed by atoms with E-state index in [-0.39, 0.29) is 11.8 Å². The molecule has 6 nitrogen and oxygen atoms in total. The molecule has 2 N–H and O–H groups in total. The van der Waals surface area contributed by atoms with Gasteiger partial charge in [0.1, 0.15) is 0 Å². The molecular formula is C15H18N4O2. The Hall–Kier alpha value is -2.63. The topological polar surface area (TPSA) is 76.0 Å². The van der Waals surface area contributed by atoms with Gasteiger partial charge in [0, 0.05) is 32.6 Å². The highest BCUT2D eigenvalue weighted by molar-refractivity contribution is 5.94. The van der Waals surface area contributed by atoms with E-state index in [1.807, 2.05) is 23.7 Å². The van der Waals surface area contributed by atoms with Crippen molar-refractivity contribution >= 4 is 11.8 Å². The van der Waals surface area contributed by atoms with E-state index in [1.54, 1.807) is 24.7 Å². The summed E-state index contributed by atoms with van der Waals surface area (Å²) >= 11 is 0. The average molecular weight is 286 g/mol. The summed E-state index contributed by atoms with van der Waals surface area (Å²) in [4.78, 5) is 26.7. The largest absolute Gasteiger partial charge is 0.355 e. The highest BCUT2D eigenvalue weighted by Crippen LogP contribution is 2.18. The Kier molecular flexibility index (Phi) is 4.71. The van der Waals surface area contributed by atoms with Crippen LogP contribution in [0.3, 0.4) is 0 Å². The van der Waals surface area contributed by atoms with Crippen LogP contribution in [-0.4, -0.2) is 34.5 Å². The molecule has 0 aliphatic carbocycles. The molecule has 0 aliphatic rings. The first kappa shape index (κ1) is 14.8. The molecule has 1 aromatic carbocycles. The van der Waals surface area contributed by atoms with Gasteiger partial charge in [0.15, 0.2) is 0 Å². The van der Waals surface area contributed by atoms with Crippen LogP contribution in [-0.2, 0) is 11.8 Å². The van der Waals surface area contributed by atoms with Crippen molar-refractivity contribution in [2.45, 2.75) is 6.92 Å². The van der Waals surface area contributed by atoms with Gasteiger partial charge in [-0.1, -0.05) is 12.1 Å². The maximum absolute atomic E-state index is 11.9. The maximum atomic E-state index is 11.9. The fourth-order valence-corrected chi connectivity index (χ4v) is 1.94. The minimum Gasteiger partial charge on any atom is -0.355 e. The summed E-state index contributed by atoms with van der Waals surface area (Å²) in [6.07, 6.45) is 3.51. The first-order valence-electron chi connectivity index (χ1n) is 6.67. The van der Waals surface area contributed by atoms with Crippen LogP contribution in [0.2, 0.25) is 0 Å². The second-order valence-corrected chi connectivity index (χ2v) is 4.71. The zero-order valence-electron chi connectivity index (χ0n) is 12.1. The number of nitrogens with one attached hydrogen (secondary N) is 2. The summed E-state index contributed by atoms with van der Waals surface area (Å²) in [5.74, 6) is -0.262. The normalized spacial score (nSPS) is 10.2. The standard InChI is InChI=1S/C15H18N4O2/c1-11(20)17-7-8-18-15(21)13-5-3-12(4-6-13)14-9-16-10-19(14)2/h3-6,9-10H,7-8H2,1-2H3,(H,17,20)(H,18,21). The molecule has 0 radical (unpaired) electrons. The van der Waals surface area contributed by atoms with Gasteiger partial charge in [0.05, 0.1) is 18.2 Å². The molecule has 0 saturated heterocycles. The second-order valence-electron chi connectivity index (χ2n) is 4.71. The third-order valence-corrected chi connectivity index (χ3v) is 3.04. The van der Waals surface area contributed by atoms with Crippen LogP contribution >= 0.6 is 0 Å². The van der Waals surface area contributed by atoms with Gasteiger partial charge in [-0.15, -0.1) is 0 Å². The number of amides is 2. The highest BCUT2D eigenvalue weighted by atomic mass is 16.2. The smallest absolute Gasteiger partial charge is 0.251 e. The fraction of sp³-hybridized carbons (Fsp3) is 0.267. The molecule has 1 heterocycles. The first-order valence-corrected chi connectivity index (χ1v) is 6.67. The Balaban J connectivity index is 1.94. The lowest BCUT2D eigenvalue weighted by atomic mass is 10.1. The zero-order valence-corrected chi connectivity index (χ0v) is 12.1. The molecule has 2 aromatic rings. The third-order valence-electron chi connectivity index (χ3n) is 3.04. The summed E-state index contributed by atoms with van der Waals surface area (Å²) in [7, 11) is 1.92. The first-order chi connectivity index (χ1) is 10.1. The van der Waals surface area contributed by atoms with E-state index in [0.717, 1.165) is 11.3 Å². The molecule has 0 bridgehead atoms. The minimum atomic E-state index is -0.156. The Bertz CT molecular complexity index is 631. The number of benzene rings is 1. The summed E-state index contributed by atoms with van der Waals surface area (Å²) in [6.45, 7) is 2.27. The Labute approximate surface area is 123 Å². The van der Waals surface area contributed by atoms with Gasteiger partial charge in [0.25, 0.3) is 5.91 Å². The monoisotopic (exact) mass is 286 g/mol. The number of carbonyl (C=O) groups is 2. The van der Waals surface area contributed by atoms with E-state index >= 15 is 0 Å². The van der Waals surface area contributed by atoms with E-state index < -0.39 is 0 Å². The van der Waals surface area contributed by atoms with Gasteiger partial charge in [-0.2, -0.15) is 0 Å². The van der Waals surface area contributed by atoms with Crippen molar-refractivity contribution in [3.8, 4) is 11.3 Å². The number of aromatic nitrogens is 2. The lowest BCUT2D eigenvalue weighted by Crippen LogP contribution is -2.33. The molecule has 6 heteroatoms. The maximum Gasteiger partial charge on any atom is 0.251 e. The Morgan fingerprint density at radius 3 is 2.38 bits per heavy atom. The summed E-state index contributed by atoms with van der Waals surface area (Å²) in [5, 5.41) is 5.37. The van der Waals surface area contributed by atoms with E-state index in [1.165, 1.54) is 6.92 Å². The fourth-order valence-electron chi connectivity index (χ4n) is 1.94. The molecule has 0 fully saturated rings. The van der Waals surface area contributed by atoms with Crippen molar-refractivity contribution in [1.29, 1.82) is 0 Å². The molecule has 2 amide bonds. The number of hydrogen-bond acceptors (Lipinski definition) is 3. The number of imidazole rings is 1. The van der Waals surface area contributed by atoms with Crippen LogP contribution < -0.4 is 10.6 Å². The predicted octanol–water partition coefficient (Wildman–Crippen LogP) is 0.953. The molecule has 0 atom stereocenters. The molecule has 0 saturated carbocycles. The van der Waals surface area contributed by atoms with Crippen LogP contribution in [0.15, 0.2) is 36.8 Å². The molecule has 21 heavy (non-hydrogen) atoms. The lowest BCUT2D eigenvalue weighted by molar-refractivity contribution is -0.118. The SMILES string of the molecule is CC(=O)NCCNC(=O)c1ccc(-c2cncn2C)cc1. The van der Waals surface area contributed by atoms with Gasteiger partial charge >= 0.3 is 0 Å². The van der Waals surface area contributed by atoms with Gasteiger partial charge < -0.3 is 15.2 Å². The average Bonchev–Trinajstić information content (AvgIpc) is 2.89. The number of rotatable bonds is 5. The number of nitrogens with zero attached hydrogens (tertiary/aromatic N) is 2. The van der Waals surface area contributed by atoms with Gasteiger partial charge in [0.2, 0.25) is 5.91 Å². The zero-order chi connectivity index (χ0) is 15.2. The molecule has 0 aliphatic heterocycles. The van der Waals surface area contributed by atoms with Crippen LogP contribution in [0.1, 0.15) is 17.3 Å². The Morgan fingerprint density at radius 1 is 1.14 bits per heavy atom. The number of hydrogen-bond donors (Lipinski definition) is 2. The van der Waals surface area contributed by atoms with Crippen LogP contribution in [0.25, 0.3) is 11.3 Å². The van der Waals surface area contributed by atoms with Crippen molar-refractivity contribution in [3.05, 3.63) is 42.4 Å². The van der Waals surface area contributed by atoms with E-state index in [4.69, 9.17) is 0 Å². The number of carbonyl (C=O) groups excluding carboxylic acids is 2. The van der Waals surface area contributed by atoms with Crippen molar-refractivity contribution in [2.24, 2.45) is 7.05 Å². The van der Waals surface area contributed by atoms with Crippen molar-refractivity contribution in [1.82, 2.24) is 20.2 Å². The molecular weight excluding hydrogens is 268 g/mol. The summed E-state index contributed by atoms with van der Waals surface area (Å²) in [5.41, 5.74) is 2.58. The van der Waals surface area contributed by atoms with E-state index in [0.29, 0.717) is 18.7 Å². The molecule has 1 aromatic heterocycles.